The first-order valence-electron chi connectivity index (χ1n) is 3.13. The van der Waals surface area contributed by atoms with Crippen molar-refractivity contribution in [3.05, 3.63) is 0 Å². The summed E-state index contributed by atoms with van der Waals surface area (Å²) in [6.45, 7) is 9.06. The van der Waals surface area contributed by atoms with E-state index in [9.17, 15) is 0 Å². The van der Waals surface area contributed by atoms with Gasteiger partial charge in [-0.25, -0.2) is 0 Å². The van der Waals surface area contributed by atoms with Gasteiger partial charge in [-0.15, -0.1) is 0 Å². The van der Waals surface area contributed by atoms with Crippen molar-refractivity contribution in [2.45, 2.75) is 39.0 Å². The van der Waals surface area contributed by atoms with Gasteiger partial charge >= 0.3 is 47.7 Å². The van der Waals surface area contributed by atoms with Crippen molar-refractivity contribution >= 4 is 8.78 Å². The van der Waals surface area contributed by atoms with Crippen molar-refractivity contribution in [3.8, 4) is 0 Å². The van der Waals surface area contributed by atoms with Crippen LogP contribution in [0.1, 0.15) is 27.7 Å². The first kappa shape index (κ1) is 7.17. The van der Waals surface area contributed by atoms with Crippen LogP contribution in [0.2, 0.25) is 11.3 Å². The molecule has 0 aromatic carbocycles. The standard InChI is InChI=1S/2C3H7.Be/c2*1-3-2;/h2*3H,1-2H3;. The van der Waals surface area contributed by atoms with E-state index in [0.29, 0.717) is 0 Å². The summed E-state index contributed by atoms with van der Waals surface area (Å²) in [5, 5.41) is 0. The Morgan fingerprint density at radius 2 is 1.14 bits per heavy atom. The van der Waals surface area contributed by atoms with Crippen molar-refractivity contribution in [2.75, 3.05) is 0 Å². The summed E-state index contributed by atoms with van der Waals surface area (Å²) in [5.74, 6) is 0. The number of hydrogen-bond acceptors (Lipinski definition) is 0. The summed E-state index contributed by atoms with van der Waals surface area (Å²) in [6, 6.07) is 0. The third-order valence-electron chi connectivity index (χ3n) is 0.943. The Morgan fingerprint density at radius 1 is 0.857 bits per heavy atom. The minimum absolute atomic E-state index is 0.875. The van der Waals surface area contributed by atoms with Crippen LogP contribution in [0, 0.1) is 0 Å². The molecule has 0 spiro atoms. The van der Waals surface area contributed by atoms with Crippen LogP contribution in [0.3, 0.4) is 0 Å². The van der Waals surface area contributed by atoms with E-state index in [-0.39, 0.29) is 0 Å². The summed E-state index contributed by atoms with van der Waals surface area (Å²) in [4.78, 5) is 0. The van der Waals surface area contributed by atoms with E-state index in [4.69, 9.17) is 0 Å². The van der Waals surface area contributed by atoms with Crippen LogP contribution < -0.4 is 0 Å². The van der Waals surface area contributed by atoms with Crippen LogP contribution in [0.4, 0.5) is 0 Å². The van der Waals surface area contributed by atoms with E-state index in [1.54, 1.807) is 0 Å². The molecule has 0 aromatic rings. The van der Waals surface area contributed by atoms with E-state index in [2.05, 4.69) is 27.7 Å². The fourth-order valence-corrected chi connectivity index (χ4v) is 0.943. The summed E-state index contributed by atoms with van der Waals surface area (Å²) < 4.78 is 0. The third-order valence-corrected chi connectivity index (χ3v) is 0.943. The molecular formula is C6H14Be. The SMILES string of the molecule is C[CH](C)[Be][CH](C)C. The second-order valence-electron chi connectivity index (χ2n) is 3.02. The molecule has 0 fully saturated rings. The summed E-state index contributed by atoms with van der Waals surface area (Å²) in [5.41, 5.74) is 1.75. The molecule has 0 bridgehead atoms. The van der Waals surface area contributed by atoms with E-state index in [1.165, 1.54) is 8.78 Å². The van der Waals surface area contributed by atoms with E-state index >= 15 is 0 Å². The van der Waals surface area contributed by atoms with Crippen molar-refractivity contribution in [1.82, 2.24) is 0 Å². The second kappa shape index (κ2) is 3.21. The fraction of sp³-hybridized carbons (Fsp3) is 1.00. The predicted molar refractivity (Wildman–Crippen MR) is 35.9 cm³/mol. The summed E-state index contributed by atoms with van der Waals surface area (Å²) in [7, 11) is 1.36. The van der Waals surface area contributed by atoms with Crippen LogP contribution >= 0.6 is 0 Å². The maximum atomic E-state index is 2.26. The van der Waals surface area contributed by atoms with Crippen LogP contribution in [0.5, 0.6) is 0 Å². The second-order valence-corrected chi connectivity index (χ2v) is 3.02. The normalized spacial score (nSPS) is 10.0. The molecule has 0 aliphatic carbocycles. The van der Waals surface area contributed by atoms with Gasteiger partial charge in [0.25, 0.3) is 0 Å². The molecule has 0 rings (SSSR count). The van der Waals surface area contributed by atoms with E-state index < -0.39 is 0 Å². The molecule has 0 heterocycles. The molecule has 0 unspecified atom stereocenters. The van der Waals surface area contributed by atoms with Gasteiger partial charge in [0, 0.05) is 0 Å². The molecule has 1 heteroatoms. The Balaban J connectivity index is 2.95. The minimum atomic E-state index is 0.875. The Morgan fingerprint density at radius 3 is 1.14 bits per heavy atom. The van der Waals surface area contributed by atoms with E-state index in [1.807, 2.05) is 0 Å². The zero-order valence-electron chi connectivity index (χ0n) is 5.86. The van der Waals surface area contributed by atoms with Crippen molar-refractivity contribution in [1.29, 1.82) is 0 Å². The Labute approximate surface area is 48.6 Å². The average Bonchev–Trinajstić information content (AvgIpc) is 1.27. The molecule has 0 atom stereocenters. The maximum absolute atomic E-state index is 2.26. The van der Waals surface area contributed by atoms with Gasteiger partial charge in [0.15, 0.2) is 0 Å². The molecule has 40 valence electrons. The topological polar surface area (TPSA) is 0 Å². The Hall–Kier alpha value is 0.169. The van der Waals surface area contributed by atoms with Gasteiger partial charge < -0.3 is 0 Å². The van der Waals surface area contributed by atoms with Gasteiger partial charge in [0.2, 0.25) is 0 Å². The monoisotopic (exact) mass is 95.1 g/mol. The summed E-state index contributed by atoms with van der Waals surface area (Å²) >= 11 is 0. The molecule has 0 aliphatic rings. The molecule has 0 amide bonds. The first-order valence-corrected chi connectivity index (χ1v) is 3.13. The van der Waals surface area contributed by atoms with Gasteiger partial charge in [-0.1, -0.05) is 0 Å². The fourth-order valence-electron chi connectivity index (χ4n) is 0.943. The number of hydrogen-bond donors (Lipinski definition) is 0. The molecule has 7 heavy (non-hydrogen) atoms. The van der Waals surface area contributed by atoms with Gasteiger partial charge in [0.05, 0.1) is 0 Å². The molecule has 0 N–H and O–H groups in total. The Kier molecular flexibility index (Phi) is 3.28. The van der Waals surface area contributed by atoms with Crippen molar-refractivity contribution in [3.63, 3.8) is 0 Å². The van der Waals surface area contributed by atoms with Gasteiger partial charge in [-0.2, -0.15) is 0 Å². The van der Waals surface area contributed by atoms with Crippen LogP contribution in [-0.4, -0.2) is 8.78 Å². The van der Waals surface area contributed by atoms with Crippen LogP contribution in [-0.2, 0) is 0 Å². The quantitative estimate of drug-likeness (QED) is 0.462. The van der Waals surface area contributed by atoms with Gasteiger partial charge in [0.1, 0.15) is 0 Å². The molecule has 0 aromatic heterocycles. The Bertz CT molecular complexity index is 33.4. The van der Waals surface area contributed by atoms with E-state index in [0.717, 1.165) is 11.3 Å². The van der Waals surface area contributed by atoms with Gasteiger partial charge in [-0.05, 0) is 0 Å². The zero-order valence-corrected chi connectivity index (χ0v) is 5.86. The average molecular weight is 95.2 g/mol. The molecule has 0 nitrogen and oxygen atoms in total. The summed E-state index contributed by atoms with van der Waals surface area (Å²) in [6.07, 6.45) is 0. The number of rotatable bonds is 2. The zero-order chi connectivity index (χ0) is 5.86. The van der Waals surface area contributed by atoms with Crippen LogP contribution in [0.25, 0.3) is 0 Å². The van der Waals surface area contributed by atoms with Crippen molar-refractivity contribution < 1.29 is 0 Å². The molecule has 0 radical (unpaired) electrons. The van der Waals surface area contributed by atoms with Crippen LogP contribution in [0.15, 0.2) is 0 Å². The third kappa shape index (κ3) is 6.17. The van der Waals surface area contributed by atoms with Gasteiger partial charge in [-0.3, -0.25) is 0 Å². The molecule has 0 saturated carbocycles. The first-order chi connectivity index (χ1) is 3.13. The molecule has 0 aliphatic heterocycles. The molecule has 0 saturated heterocycles. The predicted octanol–water partition coefficient (Wildman–Crippen LogP) is 2.35. The molecular weight excluding hydrogens is 81.1 g/mol. The van der Waals surface area contributed by atoms with Crippen molar-refractivity contribution in [2.24, 2.45) is 0 Å².